The van der Waals surface area contributed by atoms with Crippen LogP contribution in [0.25, 0.3) is 0 Å². The van der Waals surface area contributed by atoms with Crippen LogP contribution < -0.4 is 11.1 Å². The van der Waals surface area contributed by atoms with E-state index in [0.717, 1.165) is 17.2 Å². The van der Waals surface area contributed by atoms with E-state index in [0.29, 0.717) is 0 Å². The van der Waals surface area contributed by atoms with Gasteiger partial charge in [-0.3, -0.25) is 0 Å². The van der Waals surface area contributed by atoms with Gasteiger partial charge in [-0.05, 0) is 31.5 Å². The average Bonchev–Trinajstić information content (AvgIpc) is 2.35. The Labute approximate surface area is 102 Å². The van der Waals surface area contributed by atoms with Gasteiger partial charge in [-0.25, -0.2) is 4.98 Å². The number of nitrogens with two attached hydrogens (primary N) is 1. The zero-order chi connectivity index (χ0) is 12.3. The van der Waals surface area contributed by atoms with Gasteiger partial charge in [0.15, 0.2) is 0 Å². The molecule has 1 heterocycles. The number of benzene rings is 1. The molecule has 88 valence electrons. The number of rotatable bonds is 3. The Morgan fingerprint density at radius 1 is 1.12 bits per heavy atom. The molecule has 1 aromatic heterocycles. The molecule has 0 saturated heterocycles. The third-order valence-corrected chi connectivity index (χ3v) is 2.79. The predicted octanol–water partition coefficient (Wildman–Crippen LogP) is 3.15. The normalized spacial score (nSPS) is 12.1. The molecule has 0 aliphatic carbocycles. The molecule has 3 nitrogen and oxygen atoms in total. The third kappa shape index (κ3) is 2.75. The minimum absolute atomic E-state index is 0.228. The van der Waals surface area contributed by atoms with Crippen LogP contribution in [-0.4, -0.2) is 4.98 Å². The van der Waals surface area contributed by atoms with Crippen LogP contribution in [0.1, 0.15) is 24.2 Å². The van der Waals surface area contributed by atoms with Crippen molar-refractivity contribution in [3.63, 3.8) is 0 Å². The predicted molar refractivity (Wildman–Crippen MR) is 71.9 cm³/mol. The Bertz CT molecular complexity index is 494. The van der Waals surface area contributed by atoms with Crippen LogP contribution in [0.3, 0.4) is 0 Å². The SMILES string of the molecule is Cc1nc(NC(C)c2ccccc2)ccc1N. The van der Waals surface area contributed by atoms with Crippen molar-refractivity contribution in [2.75, 3.05) is 11.1 Å². The second-order valence-electron chi connectivity index (χ2n) is 4.15. The van der Waals surface area contributed by atoms with Gasteiger partial charge in [0.2, 0.25) is 0 Å². The molecule has 1 aromatic carbocycles. The summed E-state index contributed by atoms with van der Waals surface area (Å²) in [6.45, 7) is 4.02. The fourth-order valence-electron chi connectivity index (χ4n) is 1.70. The molecule has 3 heteroatoms. The number of aromatic nitrogens is 1. The first-order chi connectivity index (χ1) is 8.16. The molecule has 0 spiro atoms. The number of pyridine rings is 1. The topological polar surface area (TPSA) is 50.9 Å². The molecule has 0 saturated carbocycles. The lowest BCUT2D eigenvalue weighted by molar-refractivity contribution is 0.873. The summed E-state index contributed by atoms with van der Waals surface area (Å²) in [6.07, 6.45) is 0. The average molecular weight is 227 g/mol. The number of nitrogens with one attached hydrogen (secondary N) is 1. The lowest BCUT2D eigenvalue weighted by Crippen LogP contribution is -2.08. The van der Waals surface area contributed by atoms with Crippen molar-refractivity contribution in [1.29, 1.82) is 0 Å². The Kier molecular flexibility index (Phi) is 3.28. The van der Waals surface area contributed by atoms with E-state index < -0.39 is 0 Å². The molecular weight excluding hydrogens is 210 g/mol. The van der Waals surface area contributed by atoms with Crippen LogP contribution >= 0.6 is 0 Å². The van der Waals surface area contributed by atoms with Gasteiger partial charge in [0.25, 0.3) is 0 Å². The van der Waals surface area contributed by atoms with Gasteiger partial charge in [-0.2, -0.15) is 0 Å². The number of anilines is 2. The molecule has 0 amide bonds. The van der Waals surface area contributed by atoms with Gasteiger partial charge >= 0.3 is 0 Å². The standard InChI is InChI=1S/C14H17N3/c1-10(12-6-4-3-5-7-12)16-14-9-8-13(15)11(2)17-14/h3-10H,15H2,1-2H3,(H,16,17). The minimum Gasteiger partial charge on any atom is -0.397 e. The van der Waals surface area contributed by atoms with E-state index in [2.05, 4.69) is 29.4 Å². The second kappa shape index (κ2) is 4.87. The highest BCUT2D eigenvalue weighted by Crippen LogP contribution is 2.19. The van der Waals surface area contributed by atoms with Gasteiger partial charge in [0.1, 0.15) is 5.82 Å². The molecule has 1 atom stereocenters. The van der Waals surface area contributed by atoms with Crippen molar-refractivity contribution in [1.82, 2.24) is 4.98 Å². The molecule has 17 heavy (non-hydrogen) atoms. The number of aryl methyl sites for hydroxylation is 1. The third-order valence-electron chi connectivity index (χ3n) is 2.79. The van der Waals surface area contributed by atoms with E-state index in [1.807, 2.05) is 37.3 Å². The molecule has 0 bridgehead atoms. The summed E-state index contributed by atoms with van der Waals surface area (Å²) in [5, 5.41) is 3.36. The van der Waals surface area contributed by atoms with E-state index >= 15 is 0 Å². The van der Waals surface area contributed by atoms with Gasteiger partial charge in [-0.1, -0.05) is 30.3 Å². The van der Waals surface area contributed by atoms with Crippen LogP contribution in [0.4, 0.5) is 11.5 Å². The zero-order valence-electron chi connectivity index (χ0n) is 10.1. The minimum atomic E-state index is 0.228. The molecular formula is C14H17N3. The summed E-state index contributed by atoms with van der Waals surface area (Å²) >= 11 is 0. The summed E-state index contributed by atoms with van der Waals surface area (Å²) in [5.74, 6) is 0.855. The van der Waals surface area contributed by atoms with Crippen molar-refractivity contribution >= 4 is 11.5 Å². The van der Waals surface area contributed by atoms with Crippen molar-refractivity contribution in [3.05, 3.63) is 53.7 Å². The van der Waals surface area contributed by atoms with Crippen molar-refractivity contribution in [2.24, 2.45) is 0 Å². The number of nitrogen functional groups attached to an aromatic ring is 1. The summed E-state index contributed by atoms with van der Waals surface area (Å²) in [7, 11) is 0. The summed E-state index contributed by atoms with van der Waals surface area (Å²) in [6, 6.07) is 14.3. The Morgan fingerprint density at radius 2 is 1.82 bits per heavy atom. The Morgan fingerprint density at radius 3 is 2.47 bits per heavy atom. The van der Waals surface area contributed by atoms with Gasteiger partial charge in [0.05, 0.1) is 11.4 Å². The van der Waals surface area contributed by atoms with Crippen LogP contribution in [0.5, 0.6) is 0 Å². The van der Waals surface area contributed by atoms with Crippen molar-refractivity contribution in [2.45, 2.75) is 19.9 Å². The summed E-state index contributed by atoms with van der Waals surface area (Å²) in [4.78, 5) is 4.40. The van der Waals surface area contributed by atoms with Gasteiger partial charge in [-0.15, -0.1) is 0 Å². The van der Waals surface area contributed by atoms with Crippen molar-refractivity contribution in [3.8, 4) is 0 Å². The Hall–Kier alpha value is -2.03. The lowest BCUT2D eigenvalue weighted by Gasteiger charge is -2.15. The number of hydrogen-bond acceptors (Lipinski definition) is 3. The van der Waals surface area contributed by atoms with Crippen molar-refractivity contribution < 1.29 is 0 Å². The first-order valence-electron chi connectivity index (χ1n) is 5.71. The maximum absolute atomic E-state index is 5.74. The van der Waals surface area contributed by atoms with Gasteiger partial charge < -0.3 is 11.1 Å². The summed E-state index contributed by atoms with van der Waals surface area (Å²) < 4.78 is 0. The highest BCUT2D eigenvalue weighted by atomic mass is 15.0. The second-order valence-corrected chi connectivity index (χ2v) is 4.15. The maximum atomic E-state index is 5.74. The van der Waals surface area contributed by atoms with Crippen LogP contribution in [0.15, 0.2) is 42.5 Å². The molecule has 0 fully saturated rings. The molecule has 3 N–H and O–H groups in total. The van der Waals surface area contributed by atoms with Crippen LogP contribution in [0.2, 0.25) is 0 Å². The monoisotopic (exact) mass is 227 g/mol. The molecule has 0 aliphatic rings. The quantitative estimate of drug-likeness (QED) is 0.847. The molecule has 0 aliphatic heterocycles. The van der Waals surface area contributed by atoms with E-state index in [4.69, 9.17) is 5.73 Å². The van der Waals surface area contributed by atoms with E-state index in [1.54, 1.807) is 0 Å². The van der Waals surface area contributed by atoms with E-state index in [9.17, 15) is 0 Å². The highest BCUT2D eigenvalue weighted by Gasteiger charge is 2.05. The zero-order valence-corrected chi connectivity index (χ0v) is 10.1. The molecule has 2 rings (SSSR count). The van der Waals surface area contributed by atoms with E-state index in [-0.39, 0.29) is 6.04 Å². The molecule has 1 unspecified atom stereocenters. The summed E-state index contributed by atoms with van der Waals surface area (Å²) in [5.41, 5.74) is 8.56. The van der Waals surface area contributed by atoms with Gasteiger partial charge in [0, 0.05) is 6.04 Å². The largest absolute Gasteiger partial charge is 0.397 e. The number of hydrogen-bond donors (Lipinski definition) is 2. The number of nitrogens with zero attached hydrogens (tertiary/aromatic N) is 1. The first-order valence-corrected chi connectivity index (χ1v) is 5.71. The molecule has 0 radical (unpaired) electrons. The fourth-order valence-corrected chi connectivity index (χ4v) is 1.70. The smallest absolute Gasteiger partial charge is 0.126 e. The first kappa shape index (κ1) is 11.5. The Balaban J connectivity index is 2.13. The molecule has 2 aromatic rings. The fraction of sp³-hybridized carbons (Fsp3) is 0.214. The maximum Gasteiger partial charge on any atom is 0.126 e. The van der Waals surface area contributed by atoms with Crippen LogP contribution in [-0.2, 0) is 0 Å². The highest BCUT2D eigenvalue weighted by molar-refractivity contribution is 5.49. The van der Waals surface area contributed by atoms with Crippen LogP contribution in [0, 0.1) is 6.92 Å². The van der Waals surface area contributed by atoms with E-state index in [1.165, 1.54) is 5.56 Å². The lowest BCUT2D eigenvalue weighted by atomic mass is 10.1.